The minimum Gasteiger partial charge on any atom is -0.493 e. The first-order valence-corrected chi connectivity index (χ1v) is 10.2. The Kier molecular flexibility index (Phi) is 6.29. The molecule has 0 saturated carbocycles. The number of benzene rings is 2. The molecule has 0 radical (unpaired) electrons. The molecular formula is C24H24N4O3. The van der Waals surface area contributed by atoms with Crippen LogP contribution in [0.15, 0.2) is 42.7 Å². The number of ketones is 1. The lowest BCUT2D eigenvalue weighted by molar-refractivity contribution is -0.116. The summed E-state index contributed by atoms with van der Waals surface area (Å²) < 4.78 is 11.5. The van der Waals surface area contributed by atoms with Gasteiger partial charge in [0.05, 0.1) is 25.8 Å². The Balaban J connectivity index is 1.52. The van der Waals surface area contributed by atoms with Gasteiger partial charge in [-0.1, -0.05) is 12.0 Å². The summed E-state index contributed by atoms with van der Waals surface area (Å²) in [6.07, 6.45) is 8.49. The summed E-state index contributed by atoms with van der Waals surface area (Å²) in [6, 6.07) is 11.3. The van der Waals surface area contributed by atoms with E-state index in [4.69, 9.17) is 15.9 Å². The number of likely N-dealkylation sites (tertiary alicyclic amines) is 1. The lowest BCUT2D eigenvalue weighted by Gasteiger charge is -2.16. The Morgan fingerprint density at radius 1 is 1.23 bits per heavy atom. The number of ether oxygens (including phenoxy) is 2. The van der Waals surface area contributed by atoms with E-state index in [-0.39, 0.29) is 0 Å². The van der Waals surface area contributed by atoms with Crippen LogP contribution in [0.1, 0.15) is 18.4 Å². The summed E-state index contributed by atoms with van der Waals surface area (Å²) in [5, 5.41) is 4.13. The molecule has 158 valence electrons. The van der Waals surface area contributed by atoms with Gasteiger partial charge in [0.1, 0.15) is 17.9 Å². The fourth-order valence-electron chi connectivity index (χ4n) is 3.61. The summed E-state index contributed by atoms with van der Waals surface area (Å²) in [5.74, 6) is 4.84. The fourth-order valence-corrected chi connectivity index (χ4v) is 3.61. The molecule has 7 heteroatoms. The number of hydrogen-bond acceptors (Lipinski definition) is 7. The number of carbonyl (C=O) groups is 1. The molecule has 1 aromatic heterocycles. The van der Waals surface area contributed by atoms with Crippen LogP contribution >= 0.6 is 0 Å². The number of carbonyl (C=O) groups excluding carboxylic acids is 1. The normalized spacial score (nSPS) is 13.9. The average Bonchev–Trinajstić information content (AvgIpc) is 3.21. The third kappa shape index (κ3) is 4.93. The molecule has 1 N–H and O–H groups in total. The van der Waals surface area contributed by atoms with E-state index in [1.54, 1.807) is 7.11 Å². The molecule has 0 amide bonds. The second-order valence-corrected chi connectivity index (χ2v) is 7.36. The summed E-state index contributed by atoms with van der Waals surface area (Å²) in [7, 11) is 1.61. The van der Waals surface area contributed by atoms with Crippen LogP contribution < -0.4 is 14.8 Å². The molecule has 0 unspecified atom stereocenters. The Morgan fingerprint density at radius 3 is 2.90 bits per heavy atom. The molecule has 2 aromatic carbocycles. The molecular weight excluding hydrogens is 392 g/mol. The number of hydrogen-bond donors (Lipinski definition) is 1. The Morgan fingerprint density at radius 2 is 2.13 bits per heavy atom. The number of anilines is 2. The highest BCUT2D eigenvalue weighted by Crippen LogP contribution is 2.34. The zero-order valence-electron chi connectivity index (χ0n) is 17.4. The summed E-state index contributed by atoms with van der Waals surface area (Å²) in [6.45, 7) is 2.74. The van der Waals surface area contributed by atoms with Crippen LogP contribution in [0.3, 0.4) is 0 Å². The average molecular weight is 416 g/mol. The minimum absolute atomic E-state index is 0.310. The van der Waals surface area contributed by atoms with Gasteiger partial charge >= 0.3 is 0 Å². The second-order valence-electron chi connectivity index (χ2n) is 7.36. The van der Waals surface area contributed by atoms with Crippen LogP contribution in [-0.2, 0) is 4.79 Å². The Hall–Kier alpha value is -3.63. The largest absolute Gasteiger partial charge is 0.493 e. The van der Waals surface area contributed by atoms with Crippen molar-refractivity contribution in [2.24, 2.45) is 0 Å². The highest BCUT2D eigenvalue weighted by molar-refractivity contribution is 5.93. The van der Waals surface area contributed by atoms with Crippen molar-refractivity contribution in [3.05, 3.63) is 48.3 Å². The van der Waals surface area contributed by atoms with E-state index in [0.29, 0.717) is 42.7 Å². The number of methoxy groups -OCH3 is 1. The van der Waals surface area contributed by atoms with Crippen molar-refractivity contribution in [3.63, 3.8) is 0 Å². The van der Waals surface area contributed by atoms with Crippen LogP contribution in [-0.4, -0.2) is 54.0 Å². The van der Waals surface area contributed by atoms with Gasteiger partial charge < -0.3 is 14.8 Å². The lowest BCUT2D eigenvalue weighted by atomic mass is 10.2. The monoisotopic (exact) mass is 416 g/mol. The van der Waals surface area contributed by atoms with Gasteiger partial charge in [0.15, 0.2) is 11.5 Å². The molecule has 2 heterocycles. The van der Waals surface area contributed by atoms with Crippen molar-refractivity contribution >= 4 is 28.2 Å². The zero-order chi connectivity index (χ0) is 21.6. The molecule has 1 aliphatic rings. The first kappa shape index (κ1) is 20.6. The molecule has 1 saturated heterocycles. The molecule has 4 rings (SSSR count). The van der Waals surface area contributed by atoms with Crippen molar-refractivity contribution in [1.29, 1.82) is 0 Å². The van der Waals surface area contributed by atoms with Gasteiger partial charge in [-0.25, -0.2) is 9.97 Å². The molecule has 1 fully saturated rings. The maximum absolute atomic E-state index is 11.4. The first-order chi connectivity index (χ1) is 15.2. The first-order valence-electron chi connectivity index (χ1n) is 10.2. The number of aromatic nitrogens is 2. The van der Waals surface area contributed by atoms with Crippen LogP contribution in [0, 0.1) is 12.3 Å². The van der Waals surface area contributed by atoms with Crippen molar-refractivity contribution in [1.82, 2.24) is 14.9 Å². The maximum atomic E-state index is 11.4. The third-order valence-electron chi connectivity index (χ3n) is 5.20. The number of terminal acetylenes is 1. The number of rotatable bonds is 8. The molecule has 3 aromatic rings. The van der Waals surface area contributed by atoms with Gasteiger partial charge in [-0.3, -0.25) is 9.69 Å². The van der Waals surface area contributed by atoms with E-state index >= 15 is 0 Å². The topological polar surface area (TPSA) is 76.6 Å². The molecule has 0 spiro atoms. The van der Waals surface area contributed by atoms with Gasteiger partial charge in [-0.05, 0) is 30.7 Å². The van der Waals surface area contributed by atoms with Gasteiger partial charge in [-0.15, -0.1) is 6.42 Å². The molecule has 31 heavy (non-hydrogen) atoms. The molecule has 7 nitrogen and oxygen atoms in total. The van der Waals surface area contributed by atoms with Gasteiger partial charge in [0, 0.05) is 42.2 Å². The predicted molar refractivity (Wildman–Crippen MR) is 120 cm³/mol. The Bertz CT molecular complexity index is 1140. The second kappa shape index (κ2) is 9.45. The van der Waals surface area contributed by atoms with E-state index < -0.39 is 0 Å². The highest BCUT2D eigenvalue weighted by Gasteiger charge is 2.18. The SMILES string of the molecule is C#Cc1cccc(Nc2ncnc3cc(OC)c(OCCCN4CCC(=O)C4)cc23)c1. The van der Waals surface area contributed by atoms with Gasteiger partial charge in [0.25, 0.3) is 0 Å². The van der Waals surface area contributed by atoms with Gasteiger partial charge in [0.2, 0.25) is 0 Å². The molecule has 0 atom stereocenters. The van der Waals surface area contributed by atoms with Gasteiger partial charge in [-0.2, -0.15) is 0 Å². The zero-order valence-corrected chi connectivity index (χ0v) is 17.4. The van der Waals surface area contributed by atoms with Crippen molar-refractivity contribution in [2.75, 3.05) is 38.7 Å². The van der Waals surface area contributed by atoms with Crippen molar-refractivity contribution < 1.29 is 14.3 Å². The van der Waals surface area contributed by atoms with Crippen molar-refractivity contribution in [3.8, 4) is 23.8 Å². The fraction of sp³-hybridized carbons (Fsp3) is 0.292. The van der Waals surface area contributed by atoms with E-state index in [1.807, 2.05) is 36.4 Å². The predicted octanol–water partition coefficient (Wildman–Crippen LogP) is 3.41. The summed E-state index contributed by atoms with van der Waals surface area (Å²) >= 11 is 0. The number of Topliss-reactive ketones (excluding diaryl/α,β-unsaturated/α-hetero) is 1. The number of nitrogens with zero attached hydrogens (tertiary/aromatic N) is 3. The molecule has 0 aliphatic carbocycles. The van der Waals surface area contributed by atoms with E-state index in [1.165, 1.54) is 6.33 Å². The van der Waals surface area contributed by atoms with Crippen molar-refractivity contribution in [2.45, 2.75) is 12.8 Å². The van der Waals surface area contributed by atoms with E-state index in [2.05, 4.69) is 26.1 Å². The van der Waals surface area contributed by atoms with Crippen LogP contribution in [0.25, 0.3) is 10.9 Å². The van der Waals surface area contributed by atoms with E-state index in [9.17, 15) is 4.79 Å². The highest BCUT2D eigenvalue weighted by atomic mass is 16.5. The van der Waals surface area contributed by atoms with E-state index in [0.717, 1.165) is 41.7 Å². The molecule has 1 aliphatic heterocycles. The number of fused-ring (bicyclic) bond motifs is 1. The maximum Gasteiger partial charge on any atom is 0.162 e. The van der Waals surface area contributed by atoms with Crippen LogP contribution in [0.5, 0.6) is 11.5 Å². The quantitative estimate of drug-likeness (QED) is 0.445. The summed E-state index contributed by atoms with van der Waals surface area (Å²) in [5.41, 5.74) is 2.37. The molecule has 0 bridgehead atoms. The van der Waals surface area contributed by atoms with Crippen LogP contribution in [0.2, 0.25) is 0 Å². The minimum atomic E-state index is 0.310. The smallest absolute Gasteiger partial charge is 0.162 e. The third-order valence-corrected chi connectivity index (χ3v) is 5.20. The van der Waals surface area contributed by atoms with Crippen LogP contribution in [0.4, 0.5) is 11.5 Å². The summed E-state index contributed by atoms with van der Waals surface area (Å²) in [4.78, 5) is 22.3. The standard InChI is InChI=1S/C24H24N4O3/c1-3-17-6-4-7-18(12-17)27-24-20-13-23(22(30-2)14-21(20)25-16-26-24)31-11-5-9-28-10-8-19(29)15-28/h1,4,6-7,12-14,16H,5,8-11,15H2,2H3,(H,25,26,27). The Labute approximate surface area is 181 Å². The lowest BCUT2D eigenvalue weighted by Crippen LogP contribution is -2.23. The number of nitrogens with one attached hydrogen (secondary N) is 1.